The molecule has 1 fully saturated rings. The molecule has 0 saturated carbocycles. The summed E-state index contributed by atoms with van der Waals surface area (Å²) in [5, 5.41) is 0.725. The zero-order chi connectivity index (χ0) is 23.2. The minimum absolute atomic E-state index is 0.130. The number of carbonyl (C=O) groups excluding carboxylic acids is 1. The number of thiocarbonyl (C=S) groups is 1. The Morgan fingerprint density at radius 3 is 2.55 bits per heavy atom. The van der Waals surface area contributed by atoms with Gasteiger partial charge in [-0.15, -0.1) is 11.8 Å². The lowest BCUT2D eigenvalue weighted by Crippen LogP contribution is -2.27. The molecule has 168 valence electrons. The van der Waals surface area contributed by atoms with E-state index in [1.807, 2.05) is 78.9 Å². The Morgan fingerprint density at radius 2 is 1.82 bits per heavy atom. The number of hydrogen-bond acceptors (Lipinski definition) is 6. The molecule has 1 saturated heterocycles. The summed E-state index contributed by atoms with van der Waals surface area (Å²) in [4.78, 5) is 16.2. The van der Waals surface area contributed by atoms with Crippen LogP contribution in [-0.2, 0) is 4.79 Å². The topological polar surface area (TPSA) is 38.8 Å². The summed E-state index contributed by atoms with van der Waals surface area (Å²) in [6, 6.07) is 22.8. The molecule has 0 N–H and O–H groups in total. The van der Waals surface area contributed by atoms with E-state index in [1.54, 1.807) is 23.8 Å². The van der Waals surface area contributed by atoms with Crippen molar-refractivity contribution in [3.8, 4) is 11.5 Å². The third-order valence-corrected chi connectivity index (χ3v) is 7.25. The average Bonchev–Trinajstić information content (AvgIpc) is 3.11. The number of thioether (sulfide) groups is 2. The lowest BCUT2D eigenvalue weighted by atomic mass is 10.2. The normalized spacial score (nSPS) is 14.7. The van der Waals surface area contributed by atoms with E-state index in [2.05, 4.69) is 0 Å². The van der Waals surface area contributed by atoms with Crippen LogP contribution < -0.4 is 14.4 Å². The number of carbonyl (C=O) groups is 1. The standard InChI is InChI=1S/C25H20ClNO3S3/c1-29-22-15-17(7-12-21(22)30-13-14-32-20-10-8-18(26)9-11-20)16-23-24(28)27(25(31)33-23)19-5-3-2-4-6-19/h2-12,15-16H,13-14H2,1H3/b23-16-. The van der Waals surface area contributed by atoms with Gasteiger partial charge in [-0.25, -0.2) is 0 Å². The molecule has 3 aromatic carbocycles. The van der Waals surface area contributed by atoms with Crippen molar-refractivity contribution < 1.29 is 14.3 Å². The molecule has 0 unspecified atom stereocenters. The van der Waals surface area contributed by atoms with E-state index in [0.29, 0.717) is 27.3 Å². The Kier molecular flexibility index (Phi) is 7.98. The molecule has 0 spiro atoms. The largest absolute Gasteiger partial charge is 0.493 e. The Balaban J connectivity index is 1.41. The van der Waals surface area contributed by atoms with Crippen LogP contribution in [0.15, 0.2) is 82.6 Å². The summed E-state index contributed by atoms with van der Waals surface area (Å²) in [6.45, 7) is 0.527. The number of halogens is 1. The predicted octanol–water partition coefficient (Wildman–Crippen LogP) is 6.93. The molecule has 1 heterocycles. The van der Waals surface area contributed by atoms with Gasteiger partial charge < -0.3 is 9.47 Å². The van der Waals surface area contributed by atoms with E-state index in [-0.39, 0.29) is 5.91 Å². The van der Waals surface area contributed by atoms with Gasteiger partial charge in [-0.3, -0.25) is 9.69 Å². The van der Waals surface area contributed by atoms with E-state index >= 15 is 0 Å². The van der Waals surface area contributed by atoms with Crippen molar-refractivity contribution in [3.63, 3.8) is 0 Å². The van der Waals surface area contributed by atoms with Gasteiger partial charge in [-0.2, -0.15) is 0 Å². The molecule has 1 amide bonds. The van der Waals surface area contributed by atoms with E-state index in [4.69, 9.17) is 33.3 Å². The Labute approximate surface area is 211 Å². The molecule has 33 heavy (non-hydrogen) atoms. The van der Waals surface area contributed by atoms with Crippen molar-refractivity contribution >= 4 is 69.3 Å². The molecule has 3 aromatic rings. The number of nitrogens with zero attached hydrogens (tertiary/aromatic N) is 1. The van der Waals surface area contributed by atoms with Crippen LogP contribution >= 0.6 is 47.3 Å². The van der Waals surface area contributed by atoms with E-state index in [0.717, 1.165) is 26.9 Å². The molecule has 0 bridgehead atoms. The first-order chi connectivity index (χ1) is 16.0. The van der Waals surface area contributed by atoms with Crippen LogP contribution in [0.3, 0.4) is 0 Å². The first-order valence-electron chi connectivity index (χ1n) is 10.1. The first-order valence-corrected chi connectivity index (χ1v) is 12.7. The first kappa shape index (κ1) is 23.7. The van der Waals surface area contributed by atoms with Crippen LogP contribution in [0.5, 0.6) is 11.5 Å². The molecular formula is C25H20ClNO3S3. The molecule has 0 aliphatic carbocycles. The molecular weight excluding hydrogens is 494 g/mol. The smallest absolute Gasteiger partial charge is 0.270 e. The fourth-order valence-electron chi connectivity index (χ4n) is 3.15. The number of benzene rings is 3. The molecule has 0 aromatic heterocycles. The fraction of sp³-hybridized carbons (Fsp3) is 0.120. The second kappa shape index (κ2) is 11.1. The van der Waals surface area contributed by atoms with Crippen molar-refractivity contribution in [1.29, 1.82) is 0 Å². The molecule has 0 atom stereocenters. The average molecular weight is 514 g/mol. The number of hydrogen-bond donors (Lipinski definition) is 0. The number of para-hydroxylation sites is 1. The minimum atomic E-state index is -0.130. The number of rotatable bonds is 8. The fourth-order valence-corrected chi connectivity index (χ4v) is 5.31. The monoisotopic (exact) mass is 513 g/mol. The Bertz CT molecular complexity index is 1180. The summed E-state index contributed by atoms with van der Waals surface area (Å²) in [7, 11) is 1.60. The zero-order valence-electron chi connectivity index (χ0n) is 17.7. The number of ether oxygens (including phenoxy) is 2. The second-order valence-corrected chi connectivity index (χ2v) is 10.2. The summed E-state index contributed by atoms with van der Waals surface area (Å²) in [5.41, 5.74) is 1.60. The number of methoxy groups -OCH3 is 1. The maximum Gasteiger partial charge on any atom is 0.270 e. The molecule has 1 aliphatic rings. The van der Waals surface area contributed by atoms with Gasteiger partial charge in [-0.1, -0.05) is 59.8 Å². The molecule has 1 aliphatic heterocycles. The van der Waals surface area contributed by atoms with Crippen LogP contribution in [0.25, 0.3) is 6.08 Å². The minimum Gasteiger partial charge on any atom is -0.493 e. The van der Waals surface area contributed by atoms with Crippen LogP contribution in [0.2, 0.25) is 5.02 Å². The van der Waals surface area contributed by atoms with E-state index in [9.17, 15) is 4.79 Å². The van der Waals surface area contributed by atoms with Crippen LogP contribution in [0, 0.1) is 0 Å². The molecule has 4 nitrogen and oxygen atoms in total. The number of anilines is 1. The number of amides is 1. The Hall–Kier alpha value is -2.45. The van der Waals surface area contributed by atoms with E-state index < -0.39 is 0 Å². The van der Waals surface area contributed by atoms with Gasteiger partial charge >= 0.3 is 0 Å². The predicted molar refractivity (Wildman–Crippen MR) is 143 cm³/mol. The second-order valence-electron chi connectivity index (χ2n) is 6.91. The van der Waals surface area contributed by atoms with Gasteiger partial charge in [0.2, 0.25) is 0 Å². The molecule has 4 rings (SSSR count). The summed E-state index contributed by atoms with van der Waals surface area (Å²) in [6.07, 6.45) is 1.82. The molecule has 0 radical (unpaired) electrons. The van der Waals surface area contributed by atoms with Gasteiger partial charge in [-0.05, 0) is 60.2 Å². The highest BCUT2D eigenvalue weighted by atomic mass is 35.5. The SMILES string of the molecule is COc1cc(/C=C2\SC(=S)N(c3ccccc3)C2=O)ccc1OCCSc1ccc(Cl)cc1. The van der Waals surface area contributed by atoms with Crippen molar-refractivity contribution in [2.45, 2.75) is 4.90 Å². The summed E-state index contributed by atoms with van der Waals surface area (Å²) in [5.74, 6) is 1.92. The van der Waals surface area contributed by atoms with Crippen molar-refractivity contribution in [2.75, 3.05) is 24.4 Å². The van der Waals surface area contributed by atoms with Gasteiger partial charge in [0.25, 0.3) is 5.91 Å². The zero-order valence-corrected chi connectivity index (χ0v) is 20.9. The lowest BCUT2D eigenvalue weighted by Gasteiger charge is -2.14. The highest BCUT2D eigenvalue weighted by Gasteiger charge is 2.33. The van der Waals surface area contributed by atoms with Gasteiger partial charge in [0.05, 0.1) is 24.3 Å². The maximum atomic E-state index is 12.9. The van der Waals surface area contributed by atoms with E-state index in [1.165, 1.54) is 11.8 Å². The summed E-state index contributed by atoms with van der Waals surface area (Å²) >= 11 is 14.3. The molecule has 8 heteroatoms. The lowest BCUT2D eigenvalue weighted by molar-refractivity contribution is -0.113. The third kappa shape index (κ3) is 5.92. The highest BCUT2D eigenvalue weighted by Crippen LogP contribution is 2.37. The van der Waals surface area contributed by atoms with Crippen molar-refractivity contribution in [1.82, 2.24) is 0 Å². The van der Waals surface area contributed by atoms with Crippen LogP contribution in [0.1, 0.15) is 5.56 Å². The Morgan fingerprint density at radius 1 is 1.06 bits per heavy atom. The third-order valence-electron chi connectivity index (χ3n) is 4.72. The van der Waals surface area contributed by atoms with Crippen molar-refractivity contribution in [3.05, 3.63) is 88.3 Å². The summed E-state index contributed by atoms with van der Waals surface area (Å²) < 4.78 is 11.9. The highest BCUT2D eigenvalue weighted by molar-refractivity contribution is 8.27. The van der Waals surface area contributed by atoms with Crippen LogP contribution in [0.4, 0.5) is 5.69 Å². The quantitative estimate of drug-likeness (QED) is 0.141. The van der Waals surface area contributed by atoms with Crippen LogP contribution in [-0.4, -0.2) is 29.7 Å². The van der Waals surface area contributed by atoms with Gasteiger partial charge in [0, 0.05) is 15.7 Å². The van der Waals surface area contributed by atoms with Gasteiger partial charge in [0.15, 0.2) is 15.8 Å². The van der Waals surface area contributed by atoms with Gasteiger partial charge in [0.1, 0.15) is 0 Å². The van der Waals surface area contributed by atoms with Crippen molar-refractivity contribution in [2.24, 2.45) is 0 Å². The maximum absolute atomic E-state index is 12.9.